The maximum atomic E-state index is 5.91. The van der Waals surface area contributed by atoms with E-state index in [1.54, 1.807) is 0 Å². The minimum Gasteiger partial charge on any atom is -0.377 e. The number of hydrogen-bond acceptors (Lipinski definition) is 3. The molecule has 2 heterocycles. The normalized spacial score (nSPS) is 10.8. The fourth-order valence-corrected chi connectivity index (χ4v) is 3.23. The van der Waals surface area contributed by atoms with Gasteiger partial charge in [-0.25, -0.2) is 4.98 Å². The van der Waals surface area contributed by atoms with Gasteiger partial charge in [-0.2, -0.15) is 0 Å². The molecule has 4 rings (SSSR count). The molecule has 0 spiro atoms. The van der Waals surface area contributed by atoms with Crippen LogP contribution in [-0.2, 0) is 13.1 Å². The minimum atomic E-state index is 0.571. The molecule has 0 aliphatic carbocycles. The van der Waals surface area contributed by atoms with Crippen LogP contribution >= 0.6 is 11.6 Å². The first-order valence-corrected chi connectivity index (χ1v) is 9.17. The summed E-state index contributed by atoms with van der Waals surface area (Å²) in [6.07, 6.45) is 3.68. The summed E-state index contributed by atoms with van der Waals surface area (Å²) in [7, 11) is 0. The monoisotopic (exact) mass is 374 g/mol. The van der Waals surface area contributed by atoms with Crippen LogP contribution in [0.15, 0.2) is 48.9 Å². The Kier molecular flexibility index (Phi) is 4.70. The van der Waals surface area contributed by atoms with Crippen LogP contribution in [0.2, 0.25) is 5.02 Å². The molecule has 27 heavy (non-hydrogen) atoms. The van der Waals surface area contributed by atoms with Gasteiger partial charge in [-0.3, -0.25) is 4.98 Å². The topological polar surface area (TPSA) is 42.7 Å². The molecule has 0 aliphatic heterocycles. The molecule has 1 N–H and O–H groups in total. The summed E-state index contributed by atoms with van der Waals surface area (Å²) < 4.78 is 2.13. The number of pyridine rings is 1. The first kappa shape index (κ1) is 17.4. The van der Waals surface area contributed by atoms with E-state index in [1.807, 2.05) is 42.9 Å². The third-order valence-electron chi connectivity index (χ3n) is 4.72. The molecule has 2 aromatic carbocycles. The molecule has 0 saturated carbocycles. The second kappa shape index (κ2) is 7.30. The van der Waals surface area contributed by atoms with Crippen molar-refractivity contribution >= 4 is 28.3 Å². The molecule has 4 nitrogen and oxygen atoms in total. The standard InChI is InChI=1S/C22H19ClN4/c1-15-11-20-22(21(16(15)2)25-12-19-5-3-4-10-24-19)26-14-27(20)13-17-6-8-18(23)9-7-17/h3-6,8,10-11,14,25H,12-13H2,1-2H3. The molecule has 0 radical (unpaired) electrons. The van der Waals surface area contributed by atoms with Gasteiger partial charge in [0.05, 0.1) is 41.3 Å². The highest BCUT2D eigenvalue weighted by Gasteiger charge is 2.13. The molecule has 4 aromatic rings. The summed E-state index contributed by atoms with van der Waals surface area (Å²) in [5.74, 6) is 0. The predicted molar refractivity (Wildman–Crippen MR) is 109 cm³/mol. The van der Waals surface area contributed by atoms with Gasteiger partial charge in [0.25, 0.3) is 0 Å². The highest BCUT2D eigenvalue weighted by molar-refractivity contribution is 6.30. The van der Waals surface area contributed by atoms with Crippen molar-refractivity contribution in [1.82, 2.24) is 14.5 Å². The Morgan fingerprint density at radius 1 is 1.11 bits per heavy atom. The number of aryl methyl sites for hydroxylation is 1. The summed E-state index contributed by atoms with van der Waals surface area (Å²) in [5.41, 5.74) is 7.55. The van der Waals surface area contributed by atoms with E-state index >= 15 is 0 Å². The van der Waals surface area contributed by atoms with Gasteiger partial charge in [0.2, 0.25) is 0 Å². The fourth-order valence-electron chi connectivity index (χ4n) is 3.12. The zero-order chi connectivity index (χ0) is 18.8. The number of imidazole rings is 1. The Bertz CT molecular complexity index is 1070. The zero-order valence-corrected chi connectivity index (χ0v) is 16.0. The Labute approximate surface area is 163 Å². The SMILES string of the molecule is Cc1cc2c(ncn2Cc2c#cc(Cl)cc2)c(NCc2ccccn2)c1C. The van der Waals surface area contributed by atoms with Crippen molar-refractivity contribution in [3.05, 3.63) is 88.5 Å². The number of hydrogen-bond donors (Lipinski definition) is 1. The molecule has 0 amide bonds. The number of benzene rings is 1. The van der Waals surface area contributed by atoms with E-state index in [-0.39, 0.29) is 0 Å². The molecule has 2 aromatic heterocycles. The summed E-state index contributed by atoms with van der Waals surface area (Å²) in [6, 6.07) is 17.9. The molecular weight excluding hydrogens is 356 g/mol. The van der Waals surface area contributed by atoms with Gasteiger partial charge >= 0.3 is 0 Å². The molecule has 0 fully saturated rings. The highest BCUT2D eigenvalue weighted by atomic mass is 35.5. The van der Waals surface area contributed by atoms with Gasteiger partial charge in [-0.1, -0.05) is 23.7 Å². The lowest BCUT2D eigenvalue weighted by Gasteiger charge is -2.13. The van der Waals surface area contributed by atoms with Crippen LogP contribution in [0.25, 0.3) is 11.0 Å². The maximum absolute atomic E-state index is 5.91. The van der Waals surface area contributed by atoms with E-state index in [0.717, 1.165) is 28.0 Å². The molecule has 134 valence electrons. The fraction of sp³-hybridized carbons (Fsp3) is 0.182. The van der Waals surface area contributed by atoms with Crippen molar-refractivity contribution in [2.45, 2.75) is 26.9 Å². The van der Waals surface area contributed by atoms with Gasteiger partial charge in [0, 0.05) is 11.8 Å². The molecule has 0 unspecified atom stereocenters. The van der Waals surface area contributed by atoms with Crippen LogP contribution in [0.1, 0.15) is 22.4 Å². The molecular formula is C22H19ClN4. The number of nitrogens with one attached hydrogen (secondary N) is 1. The second-order valence-corrected chi connectivity index (χ2v) is 6.97. The van der Waals surface area contributed by atoms with Gasteiger partial charge in [-0.05, 0) is 61.4 Å². The lowest BCUT2D eigenvalue weighted by Crippen LogP contribution is -2.05. The van der Waals surface area contributed by atoms with Gasteiger partial charge in [0.15, 0.2) is 0 Å². The molecule has 0 aliphatic rings. The average Bonchev–Trinajstić information content (AvgIpc) is 3.07. The molecule has 0 bridgehead atoms. The third kappa shape index (κ3) is 3.60. The number of nitrogens with zero attached hydrogens (tertiary/aromatic N) is 3. The van der Waals surface area contributed by atoms with E-state index in [4.69, 9.17) is 11.6 Å². The van der Waals surface area contributed by atoms with Crippen molar-refractivity contribution in [3.8, 4) is 0 Å². The average molecular weight is 375 g/mol. The van der Waals surface area contributed by atoms with Crippen LogP contribution in [0.3, 0.4) is 0 Å². The van der Waals surface area contributed by atoms with E-state index < -0.39 is 0 Å². The van der Waals surface area contributed by atoms with Gasteiger partial charge < -0.3 is 9.88 Å². The van der Waals surface area contributed by atoms with Gasteiger partial charge in [0.1, 0.15) is 5.52 Å². The lowest BCUT2D eigenvalue weighted by atomic mass is 10.1. The largest absolute Gasteiger partial charge is 0.377 e. The van der Waals surface area contributed by atoms with Crippen molar-refractivity contribution in [2.75, 3.05) is 5.32 Å². The number of rotatable bonds is 5. The first-order chi connectivity index (χ1) is 13.1. The van der Waals surface area contributed by atoms with Crippen molar-refractivity contribution < 1.29 is 0 Å². The molecule has 0 saturated heterocycles. The number of fused-ring (bicyclic) bond motifs is 1. The summed E-state index contributed by atoms with van der Waals surface area (Å²) >= 11 is 5.91. The second-order valence-electron chi connectivity index (χ2n) is 6.56. The molecule has 5 heteroatoms. The summed E-state index contributed by atoms with van der Waals surface area (Å²) in [6.45, 7) is 5.58. The van der Waals surface area contributed by atoms with Crippen LogP contribution in [0.5, 0.6) is 0 Å². The lowest BCUT2D eigenvalue weighted by molar-refractivity contribution is 0.825. The van der Waals surface area contributed by atoms with E-state index in [0.29, 0.717) is 18.1 Å². The van der Waals surface area contributed by atoms with Crippen LogP contribution in [-0.4, -0.2) is 14.5 Å². The minimum absolute atomic E-state index is 0.571. The zero-order valence-electron chi connectivity index (χ0n) is 15.3. The van der Waals surface area contributed by atoms with Crippen molar-refractivity contribution in [3.63, 3.8) is 0 Å². The van der Waals surface area contributed by atoms with E-state index in [9.17, 15) is 0 Å². The van der Waals surface area contributed by atoms with Gasteiger partial charge in [-0.15, -0.1) is 0 Å². The van der Waals surface area contributed by atoms with E-state index in [2.05, 4.69) is 51.9 Å². The van der Waals surface area contributed by atoms with Crippen LogP contribution in [0.4, 0.5) is 5.69 Å². The van der Waals surface area contributed by atoms with E-state index in [1.165, 1.54) is 11.1 Å². The van der Waals surface area contributed by atoms with Crippen LogP contribution < -0.4 is 5.32 Å². The first-order valence-electron chi connectivity index (χ1n) is 8.79. The Morgan fingerprint density at radius 3 is 2.74 bits per heavy atom. The maximum Gasteiger partial charge on any atom is 0.112 e. The third-order valence-corrected chi connectivity index (χ3v) is 4.94. The predicted octanol–water partition coefficient (Wildman–Crippen LogP) is 4.96. The van der Waals surface area contributed by atoms with Crippen molar-refractivity contribution in [1.29, 1.82) is 0 Å². The quantitative estimate of drug-likeness (QED) is 0.536. The number of anilines is 1. The Morgan fingerprint density at radius 2 is 2.00 bits per heavy atom. The Balaban J connectivity index is 1.68. The van der Waals surface area contributed by atoms with Crippen molar-refractivity contribution in [2.24, 2.45) is 0 Å². The Hall–Kier alpha value is -3.03. The number of aromatic nitrogens is 3. The molecule has 0 atom stereocenters. The highest BCUT2D eigenvalue weighted by Crippen LogP contribution is 2.30. The number of halogens is 1. The summed E-state index contributed by atoms with van der Waals surface area (Å²) in [5, 5.41) is 4.10. The van der Waals surface area contributed by atoms with Crippen LogP contribution in [0, 0.1) is 26.0 Å². The summed E-state index contributed by atoms with van der Waals surface area (Å²) in [4.78, 5) is 9.06. The smallest absolute Gasteiger partial charge is 0.112 e.